The first kappa shape index (κ1) is 21.9. The molecule has 8 nitrogen and oxygen atoms in total. The van der Waals surface area contributed by atoms with Crippen molar-refractivity contribution < 1.29 is 22.7 Å². The summed E-state index contributed by atoms with van der Waals surface area (Å²) in [5.74, 6) is 0.320. The molecular weight excluding hydrogens is 406 g/mol. The van der Waals surface area contributed by atoms with Crippen molar-refractivity contribution in [2.24, 2.45) is 0 Å². The predicted molar refractivity (Wildman–Crippen MR) is 113 cm³/mol. The zero-order chi connectivity index (χ0) is 21.7. The largest absolute Gasteiger partial charge is 0.497 e. The van der Waals surface area contributed by atoms with Gasteiger partial charge in [-0.05, 0) is 43.3 Å². The Kier molecular flexibility index (Phi) is 6.86. The summed E-state index contributed by atoms with van der Waals surface area (Å²) in [6.45, 7) is 3.15. The van der Waals surface area contributed by atoms with E-state index >= 15 is 0 Å². The maximum atomic E-state index is 12.8. The number of methoxy groups -OCH3 is 1. The molecule has 30 heavy (non-hydrogen) atoms. The van der Waals surface area contributed by atoms with Crippen LogP contribution in [0.15, 0.2) is 53.4 Å². The molecule has 1 amide bonds. The SMILES string of the molecule is COc1ccc(S(=O)(=O)N2CCN(CC(=O)Nc3cccc(C(C)=O)c3)CC2)cc1. The fourth-order valence-electron chi connectivity index (χ4n) is 3.24. The van der Waals surface area contributed by atoms with Gasteiger partial charge in [-0.3, -0.25) is 14.5 Å². The van der Waals surface area contributed by atoms with E-state index in [0.29, 0.717) is 43.2 Å². The van der Waals surface area contributed by atoms with Gasteiger partial charge < -0.3 is 10.1 Å². The second-order valence-corrected chi connectivity index (χ2v) is 8.98. The fraction of sp³-hybridized carbons (Fsp3) is 0.333. The number of hydrogen-bond donors (Lipinski definition) is 1. The van der Waals surface area contributed by atoms with Gasteiger partial charge in [0.1, 0.15) is 5.75 Å². The lowest BCUT2D eigenvalue weighted by Crippen LogP contribution is -2.50. The minimum Gasteiger partial charge on any atom is -0.497 e. The molecule has 160 valence electrons. The molecule has 0 saturated carbocycles. The number of nitrogens with zero attached hydrogens (tertiary/aromatic N) is 2. The van der Waals surface area contributed by atoms with Crippen LogP contribution in [0.2, 0.25) is 0 Å². The summed E-state index contributed by atoms with van der Waals surface area (Å²) in [7, 11) is -2.06. The number of Topliss-reactive ketones (excluding diaryl/α,β-unsaturated/α-hetero) is 1. The third kappa shape index (κ3) is 5.24. The summed E-state index contributed by atoms with van der Waals surface area (Å²) in [5.41, 5.74) is 1.10. The van der Waals surface area contributed by atoms with Crippen LogP contribution in [-0.2, 0) is 14.8 Å². The fourth-order valence-corrected chi connectivity index (χ4v) is 4.67. The number of piperazine rings is 1. The normalized spacial score (nSPS) is 15.5. The molecule has 1 fully saturated rings. The number of anilines is 1. The molecule has 0 unspecified atom stereocenters. The minimum absolute atomic E-state index is 0.0692. The van der Waals surface area contributed by atoms with Gasteiger partial charge in [0.25, 0.3) is 0 Å². The molecule has 1 saturated heterocycles. The summed E-state index contributed by atoms with van der Waals surface area (Å²) < 4.78 is 32.1. The summed E-state index contributed by atoms with van der Waals surface area (Å²) in [5, 5.41) is 2.79. The number of nitrogens with one attached hydrogen (secondary N) is 1. The van der Waals surface area contributed by atoms with Gasteiger partial charge in [-0.25, -0.2) is 8.42 Å². The average Bonchev–Trinajstić information content (AvgIpc) is 2.74. The number of sulfonamides is 1. The third-order valence-electron chi connectivity index (χ3n) is 4.95. The monoisotopic (exact) mass is 431 g/mol. The van der Waals surface area contributed by atoms with Crippen LogP contribution in [0.4, 0.5) is 5.69 Å². The standard InChI is InChI=1S/C21H25N3O5S/c1-16(25)17-4-3-5-18(14-17)22-21(26)15-23-10-12-24(13-11-23)30(27,28)20-8-6-19(29-2)7-9-20/h3-9,14H,10-13,15H2,1-2H3,(H,22,26). The predicted octanol–water partition coefficient (Wildman–Crippen LogP) is 1.84. The summed E-state index contributed by atoms with van der Waals surface area (Å²) in [6, 6.07) is 13.1. The van der Waals surface area contributed by atoms with Crippen molar-refractivity contribution in [2.45, 2.75) is 11.8 Å². The van der Waals surface area contributed by atoms with E-state index in [-0.39, 0.29) is 23.1 Å². The van der Waals surface area contributed by atoms with Crippen molar-refractivity contribution >= 4 is 27.4 Å². The average molecular weight is 432 g/mol. The van der Waals surface area contributed by atoms with Gasteiger partial charge in [-0.15, -0.1) is 0 Å². The summed E-state index contributed by atoms with van der Waals surface area (Å²) >= 11 is 0. The Balaban J connectivity index is 1.54. The molecule has 2 aromatic carbocycles. The quantitative estimate of drug-likeness (QED) is 0.672. The zero-order valence-electron chi connectivity index (χ0n) is 17.0. The number of carbonyl (C=O) groups is 2. The Morgan fingerprint density at radius 2 is 1.70 bits per heavy atom. The van der Waals surface area contributed by atoms with Gasteiger partial charge in [0.05, 0.1) is 18.6 Å². The Hall–Kier alpha value is -2.75. The van der Waals surface area contributed by atoms with Gasteiger partial charge in [0.15, 0.2) is 5.78 Å². The smallest absolute Gasteiger partial charge is 0.243 e. The number of hydrogen-bond acceptors (Lipinski definition) is 6. The maximum Gasteiger partial charge on any atom is 0.243 e. The molecule has 2 aromatic rings. The molecule has 0 atom stereocenters. The van der Waals surface area contributed by atoms with Crippen LogP contribution in [-0.4, -0.2) is 69.1 Å². The highest BCUT2D eigenvalue weighted by atomic mass is 32.2. The van der Waals surface area contributed by atoms with Gasteiger partial charge in [-0.2, -0.15) is 4.31 Å². The summed E-state index contributed by atoms with van der Waals surface area (Å²) in [6.07, 6.45) is 0. The van der Waals surface area contributed by atoms with E-state index in [0.717, 1.165) is 0 Å². The topological polar surface area (TPSA) is 96.0 Å². The van der Waals surface area contributed by atoms with Crippen molar-refractivity contribution in [1.82, 2.24) is 9.21 Å². The van der Waals surface area contributed by atoms with E-state index in [4.69, 9.17) is 4.74 Å². The first-order chi connectivity index (χ1) is 14.3. The Morgan fingerprint density at radius 3 is 2.30 bits per heavy atom. The van der Waals surface area contributed by atoms with E-state index in [1.54, 1.807) is 36.4 Å². The molecule has 1 heterocycles. The van der Waals surface area contributed by atoms with E-state index in [2.05, 4.69) is 5.32 Å². The summed E-state index contributed by atoms with van der Waals surface area (Å²) in [4.78, 5) is 25.9. The first-order valence-corrected chi connectivity index (χ1v) is 11.0. The van der Waals surface area contributed by atoms with Crippen LogP contribution in [0.25, 0.3) is 0 Å². The number of amides is 1. The third-order valence-corrected chi connectivity index (χ3v) is 6.86. The number of ether oxygens (including phenoxy) is 1. The molecular formula is C21H25N3O5S. The van der Waals surface area contributed by atoms with Crippen molar-refractivity contribution in [3.8, 4) is 5.75 Å². The Morgan fingerprint density at radius 1 is 1.03 bits per heavy atom. The highest BCUT2D eigenvalue weighted by molar-refractivity contribution is 7.89. The van der Waals surface area contributed by atoms with E-state index in [9.17, 15) is 18.0 Å². The van der Waals surface area contributed by atoms with Gasteiger partial charge in [0, 0.05) is 37.4 Å². The highest BCUT2D eigenvalue weighted by Gasteiger charge is 2.29. The second kappa shape index (κ2) is 9.38. The molecule has 0 aliphatic carbocycles. The molecule has 1 aliphatic rings. The van der Waals surface area contributed by atoms with Crippen LogP contribution in [0.1, 0.15) is 17.3 Å². The lowest BCUT2D eigenvalue weighted by Gasteiger charge is -2.33. The number of rotatable bonds is 7. The number of benzene rings is 2. The number of ketones is 1. The zero-order valence-corrected chi connectivity index (χ0v) is 17.8. The molecule has 3 rings (SSSR count). The molecule has 0 aromatic heterocycles. The first-order valence-electron chi connectivity index (χ1n) is 9.57. The molecule has 1 N–H and O–H groups in total. The van der Waals surface area contributed by atoms with Crippen LogP contribution < -0.4 is 10.1 Å². The maximum absolute atomic E-state index is 12.8. The lowest BCUT2D eigenvalue weighted by molar-refractivity contribution is -0.117. The Bertz CT molecular complexity index is 1010. The Labute approximate surface area is 176 Å². The molecule has 1 aliphatic heterocycles. The van der Waals surface area contributed by atoms with Crippen LogP contribution in [0.3, 0.4) is 0 Å². The van der Waals surface area contributed by atoms with Crippen molar-refractivity contribution in [3.05, 3.63) is 54.1 Å². The van der Waals surface area contributed by atoms with E-state index in [1.165, 1.54) is 30.5 Å². The highest BCUT2D eigenvalue weighted by Crippen LogP contribution is 2.20. The van der Waals surface area contributed by atoms with Crippen LogP contribution in [0.5, 0.6) is 5.75 Å². The molecule has 9 heteroatoms. The van der Waals surface area contributed by atoms with Gasteiger partial charge >= 0.3 is 0 Å². The minimum atomic E-state index is -3.58. The van der Waals surface area contributed by atoms with Crippen LogP contribution >= 0.6 is 0 Å². The molecule has 0 spiro atoms. The second-order valence-electron chi connectivity index (χ2n) is 7.04. The van der Waals surface area contributed by atoms with E-state index in [1.807, 2.05) is 4.90 Å². The van der Waals surface area contributed by atoms with E-state index < -0.39 is 10.0 Å². The van der Waals surface area contributed by atoms with Gasteiger partial charge in [0.2, 0.25) is 15.9 Å². The van der Waals surface area contributed by atoms with Crippen LogP contribution in [0, 0.1) is 0 Å². The number of carbonyl (C=O) groups excluding carboxylic acids is 2. The molecule has 0 radical (unpaired) electrons. The molecule has 0 bridgehead atoms. The van der Waals surface area contributed by atoms with Crippen molar-refractivity contribution in [2.75, 3.05) is 45.2 Å². The van der Waals surface area contributed by atoms with Gasteiger partial charge in [-0.1, -0.05) is 12.1 Å². The van der Waals surface area contributed by atoms with Crippen molar-refractivity contribution in [3.63, 3.8) is 0 Å². The lowest BCUT2D eigenvalue weighted by atomic mass is 10.1. The van der Waals surface area contributed by atoms with Crippen molar-refractivity contribution in [1.29, 1.82) is 0 Å².